The highest BCUT2D eigenvalue weighted by atomic mass is 32.1. The van der Waals surface area contributed by atoms with Gasteiger partial charge in [0.1, 0.15) is 5.82 Å². The molecule has 1 saturated carbocycles. The molecule has 4 heteroatoms. The summed E-state index contributed by atoms with van der Waals surface area (Å²) in [6.07, 6.45) is 8.68. The molecule has 0 amide bonds. The van der Waals surface area contributed by atoms with Crippen LogP contribution in [0.2, 0.25) is 0 Å². The van der Waals surface area contributed by atoms with Crippen molar-refractivity contribution in [1.29, 1.82) is 0 Å². The first kappa shape index (κ1) is 16.7. The monoisotopic (exact) mass is 373 g/mol. The highest BCUT2D eigenvalue weighted by Gasteiger charge is 2.36. The third-order valence-corrected chi connectivity index (χ3v) is 6.36. The SMILES string of the molecule is CCCc1nc2c(-c3ccccc3)cncc2n1C(c1cccs1)C1CC1. The number of hydrogen-bond donors (Lipinski definition) is 0. The molecule has 0 radical (unpaired) electrons. The van der Waals surface area contributed by atoms with Crippen molar-refractivity contribution in [3.63, 3.8) is 0 Å². The van der Waals surface area contributed by atoms with Gasteiger partial charge in [0.25, 0.3) is 0 Å². The second-order valence-electron chi connectivity index (χ2n) is 7.37. The van der Waals surface area contributed by atoms with E-state index < -0.39 is 0 Å². The molecule has 1 aromatic carbocycles. The maximum absolute atomic E-state index is 5.15. The minimum absolute atomic E-state index is 0.393. The molecule has 1 atom stereocenters. The number of pyridine rings is 1. The number of rotatable bonds is 6. The van der Waals surface area contributed by atoms with Gasteiger partial charge in [-0.25, -0.2) is 4.98 Å². The fourth-order valence-electron chi connectivity index (χ4n) is 4.04. The van der Waals surface area contributed by atoms with Crippen LogP contribution in [0.4, 0.5) is 0 Å². The number of hydrogen-bond acceptors (Lipinski definition) is 3. The Labute approximate surface area is 163 Å². The van der Waals surface area contributed by atoms with Gasteiger partial charge >= 0.3 is 0 Å². The Hall–Kier alpha value is -2.46. The lowest BCUT2D eigenvalue weighted by atomic mass is 10.1. The highest BCUT2D eigenvalue weighted by Crippen LogP contribution is 2.47. The fraction of sp³-hybridized carbons (Fsp3) is 0.304. The average Bonchev–Trinajstić information content (AvgIpc) is 3.26. The molecule has 1 aliphatic rings. The van der Waals surface area contributed by atoms with E-state index in [0.717, 1.165) is 29.8 Å². The zero-order valence-electron chi connectivity index (χ0n) is 15.5. The largest absolute Gasteiger partial charge is 0.318 e. The summed E-state index contributed by atoms with van der Waals surface area (Å²) in [6.45, 7) is 2.23. The summed E-state index contributed by atoms with van der Waals surface area (Å²) in [5, 5.41) is 2.19. The minimum atomic E-state index is 0.393. The normalized spacial score (nSPS) is 15.3. The lowest BCUT2D eigenvalue weighted by Gasteiger charge is -2.20. The van der Waals surface area contributed by atoms with Crippen molar-refractivity contribution in [1.82, 2.24) is 14.5 Å². The summed E-state index contributed by atoms with van der Waals surface area (Å²) in [6, 6.07) is 15.3. The van der Waals surface area contributed by atoms with E-state index in [2.05, 4.69) is 64.3 Å². The van der Waals surface area contributed by atoms with Crippen LogP contribution in [0.1, 0.15) is 42.9 Å². The van der Waals surface area contributed by atoms with E-state index in [1.54, 1.807) is 0 Å². The van der Waals surface area contributed by atoms with Crippen molar-refractivity contribution in [3.05, 3.63) is 70.9 Å². The van der Waals surface area contributed by atoms with Gasteiger partial charge in [-0.3, -0.25) is 4.98 Å². The van der Waals surface area contributed by atoms with E-state index in [-0.39, 0.29) is 0 Å². The molecule has 1 fully saturated rings. The zero-order chi connectivity index (χ0) is 18.2. The van der Waals surface area contributed by atoms with E-state index in [1.165, 1.54) is 34.6 Å². The summed E-state index contributed by atoms with van der Waals surface area (Å²) < 4.78 is 2.50. The predicted octanol–water partition coefficient (Wildman–Crippen LogP) is 6.11. The Bertz CT molecular complexity index is 1050. The molecule has 3 aromatic heterocycles. The van der Waals surface area contributed by atoms with Gasteiger partial charge in [-0.2, -0.15) is 0 Å². The van der Waals surface area contributed by atoms with Crippen LogP contribution in [-0.2, 0) is 6.42 Å². The summed E-state index contributed by atoms with van der Waals surface area (Å²) in [5.41, 5.74) is 4.57. The number of nitrogens with zero attached hydrogens (tertiary/aromatic N) is 3. The molecular formula is C23H23N3S. The summed E-state index contributed by atoms with van der Waals surface area (Å²) >= 11 is 1.86. The standard InChI is InChI=1S/C23H23N3S/c1-2-7-21-25-22-18(16-8-4-3-5-9-16)14-24-15-19(22)26(21)23(17-11-12-17)20-10-6-13-27-20/h3-6,8-10,13-15,17,23H,2,7,11-12H2,1H3. The van der Waals surface area contributed by atoms with Crippen LogP contribution in [0.3, 0.4) is 0 Å². The van der Waals surface area contributed by atoms with E-state index in [9.17, 15) is 0 Å². The van der Waals surface area contributed by atoms with Crippen molar-refractivity contribution < 1.29 is 0 Å². The Balaban J connectivity index is 1.75. The highest BCUT2D eigenvalue weighted by molar-refractivity contribution is 7.10. The van der Waals surface area contributed by atoms with Gasteiger partial charge in [-0.05, 0) is 42.2 Å². The molecule has 0 saturated heterocycles. The lowest BCUT2D eigenvalue weighted by Crippen LogP contribution is -2.15. The second kappa shape index (κ2) is 6.93. The van der Waals surface area contributed by atoms with Gasteiger partial charge in [0.05, 0.1) is 23.3 Å². The molecular weight excluding hydrogens is 350 g/mol. The summed E-state index contributed by atoms with van der Waals surface area (Å²) in [7, 11) is 0. The van der Waals surface area contributed by atoms with Gasteiger partial charge < -0.3 is 4.57 Å². The van der Waals surface area contributed by atoms with Crippen molar-refractivity contribution in [2.45, 2.75) is 38.6 Å². The Morgan fingerprint density at radius 2 is 1.96 bits per heavy atom. The molecule has 1 aliphatic carbocycles. The quantitative estimate of drug-likeness (QED) is 0.408. The molecule has 0 spiro atoms. The number of thiophene rings is 1. The van der Waals surface area contributed by atoms with Gasteiger partial charge in [0, 0.05) is 23.1 Å². The summed E-state index contributed by atoms with van der Waals surface area (Å²) in [5.74, 6) is 1.92. The van der Waals surface area contributed by atoms with Crippen LogP contribution < -0.4 is 0 Å². The van der Waals surface area contributed by atoms with Crippen LogP contribution in [-0.4, -0.2) is 14.5 Å². The van der Waals surface area contributed by atoms with Crippen LogP contribution in [0.15, 0.2) is 60.2 Å². The molecule has 0 bridgehead atoms. The zero-order valence-corrected chi connectivity index (χ0v) is 16.3. The molecule has 3 nitrogen and oxygen atoms in total. The molecule has 1 unspecified atom stereocenters. The second-order valence-corrected chi connectivity index (χ2v) is 8.35. The van der Waals surface area contributed by atoms with Crippen LogP contribution >= 0.6 is 11.3 Å². The van der Waals surface area contributed by atoms with Crippen LogP contribution in [0.5, 0.6) is 0 Å². The first-order valence-electron chi connectivity index (χ1n) is 9.80. The predicted molar refractivity (Wildman–Crippen MR) is 112 cm³/mol. The van der Waals surface area contributed by atoms with Crippen LogP contribution in [0.25, 0.3) is 22.2 Å². The number of aromatic nitrogens is 3. The number of benzene rings is 1. The van der Waals surface area contributed by atoms with E-state index >= 15 is 0 Å². The molecule has 5 rings (SSSR count). The Morgan fingerprint density at radius 1 is 1.11 bits per heavy atom. The van der Waals surface area contributed by atoms with E-state index in [4.69, 9.17) is 4.98 Å². The Kier molecular flexibility index (Phi) is 4.29. The van der Waals surface area contributed by atoms with Crippen molar-refractivity contribution >= 4 is 22.4 Å². The third kappa shape index (κ3) is 2.98. The Morgan fingerprint density at radius 3 is 2.67 bits per heavy atom. The average molecular weight is 374 g/mol. The molecule has 27 heavy (non-hydrogen) atoms. The van der Waals surface area contributed by atoms with Gasteiger partial charge in [0.15, 0.2) is 0 Å². The number of imidazole rings is 1. The molecule has 4 aromatic rings. The molecule has 3 heterocycles. The first-order chi connectivity index (χ1) is 13.4. The van der Waals surface area contributed by atoms with Crippen molar-refractivity contribution in [2.24, 2.45) is 5.92 Å². The molecule has 136 valence electrons. The number of aryl methyl sites for hydroxylation is 1. The maximum atomic E-state index is 5.15. The number of fused-ring (bicyclic) bond motifs is 1. The summed E-state index contributed by atoms with van der Waals surface area (Å²) in [4.78, 5) is 11.2. The molecule has 0 aliphatic heterocycles. The smallest absolute Gasteiger partial charge is 0.110 e. The van der Waals surface area contributed by atoms with E-state index in [1.807, 2.05) is 23.7 Å². The van der Waals surface area contributed by atoms with Crippen molar-refractivity contribution in [2.75, 3.05) is 0 Å². The molecule has 0 N–H and O–H groups in total. The topological polar surface area (TPSA) is 30.7 Å². The maximum Gasteiger partial charge on any atom is 0.110 e. The van der Waals surface area contributed by atoms with Crippen molar-refractivity contribution in [3.8, 4) is 11.1 Å². The van der Waals surface area contributed by atoms with E-state index in [0.29, 0.717) is 6.04 Å². The van der Waals surface area contributed by atoms with Gasteiger partial charge in [0.2, 0.25) is 0 Å². The van der Waals surface area contributed by atoms with Gasteiger partial charge in [-0.1, -0.05) is 43.3 Å². The lowest BCUT2D eigenvalue weighted by molar-refractivity contribution is 0.518. The van der Waals surface area contributed by atoms with Gasteiger partial charge in [-0.15, -0.1) is 11.3 Å². The van der Waals surface area contributed by atoms with Crippen LogP contribution in [0, 0.1) is 5.92 Å². The first-order valence-corrected chi connectivity index (χ1v) is 10.7. The fourth-order valence-corrected chi connectivity index (χ4v) is 4.95. The third-order valence-electron chi connectivity index (χ3n) is 5.42. The minimum Gasteiger partial charge on any atom is -0.318 e.